The lowest BCUT2D eigenvalue weighted by Crippen LogP contribution is -2.22. The summed E-state index contributed by atoms with van der Waals surface area (Å²) in [7, 11) is 1.96. The van der Waals surface area contributed by atoms with E-state index in [1.807, 2.05) is 31.3 Å². The quantitative estimate of drug-likeness (QED) is 0.767. The van der Waals surface area contributed by atoms with E-state index in [-0.39, 0.29) is 0 Å². The van der Waals surface area contributed by atoms with Gasteiger partial charge in [0.25, 0.3) is 0 Å². The number of hydrogen-bond donors (Lipinski definition) is 2. The van der Waals surface area contributed by atoms with Gasteiger partial charge in [0, 0.05) is 12.2 Å². The largest absolute Gasteiger partial charge is 0.385 e. The Balaban J connectivity index is 2.41. The standard InChI is InChI=1S/C12H17N3/c1-10(8-14-2)9-15-12-5-3-11(7-13)4-6-12/h3-6,10,14-15H,8-9H2,1-2H3. The average Bonchev–Trinajstić information content (AvgIpc) is 2.27. The molecular weight excluding hydrogens is 186 g/mol. The van der Waals surface area contributed by atoms with Crippen molar-refractivity contribution in [3.05, 3.63) is 29.8 Å². The average molecular weight is 203 g/mol. The Morgan fingerprint density at radius 3 is 2.47 bits per heavy atom. The topological polar surface area (TPSA) is 47.8 Å². The van der Waals surface area contributed by atoms with Crippen LogP contribution in [0.3, 0.4) is 0 Å². The summed E-state index contributed by atoms with van der Waals surface area (Å²) in [6.07, 6.45) is 0. The van der Waals surface area contributed by atoms with E-state index in [9.17, 15) is 0 Å². The van der Waals surface area contributed by atoms with Crippen molar-refractivity contribution < 1.29 is 0 Å². The summed E-state index contributed by atoms with van der Waals surface area (Å²) < 4.78 is 0. The van der Waals surface area contributed by atoms with Gasteiger partial charge in [0.05, 0.1) is 11.6 Å². The number of rotatable bonds is 5. The molecule has 1 aromatic rings. The normalized spacial score (nSPS) is 11.8. The Morgan fingerprint density at radius 1 is 1.27 bits per heavy atom. The van der Waals surface area contributed by atoms with E-state index in [0.29, 0.717) is 11.5 Å². The first-order valence-corrected chi connectivity index (χ1v) is 5.15. The van der Waals surface area contributed by atoms with Crippen molar-refractivity contribution in [2.75, 3.05) is 25.5 Å². The monoisotopic (exact) mass is 203 g/mol. The lowest BCUT2D eigenvalue weighted by molar-refractivity contribution is 0.569. The van der Waals surface area contributed by atoms with Crippen molar-refractivity contribution in [3.8, 4) is 6.07 Å². The van der Waals surface area contributed by atoms with Crippen LogP contribution in [0.25, 0.3) is 0 Å². The Kier molecular flexibility index (Phi) is 4.65. The van der Waals surface area contributed by atoms with Gasteiger partial charge in [-0.3, -0.25) is 0 Å². The second-order valence-electron chi connectivity index (χ2n) is 3.73. The van der Waals surface area contributed by atoms with Crippen LogP contribution in [-0.2, 0) is 0 Å². The minimum Gasteiger partial charge on any atom is -0.385 e. The van der Waals surface area contributed by atoms with Crippen LogP contribution in [0, 0.1) is 17.2 Å². The minimum atomic E-state index is 0.589. The highest BCUT2D eigenvalue weighted by Gasteiger charge is 1.99. The smallest absolute Gasteiger partial charge is 0.0991 e. The Morgan fingerprint density at radius 2 is 1.93 bits per heavy atom. The third-order valence-electron chi connectivity index (χ3n) is 2.22. The van der Waals surface area contributed by atoms with E-state index in [1.54, 1.807) is 0 Å². The number of hydrogen-bond acceptors (Lipinski definition) is 3. The van der Waals surface area contributed by atoms with Crippen LogP contribution in [0.4, 0.5) is 5.69 Å². The molecule has 0 saturated heterocycles. The van der Waals surface area contributed by atoms with E-state index in [0.717, 1.165) is 18.8 Å². The number of nitrogens with one attached hydrogen (secondary N) is 2. The summed E-state index contributed by atoms with van der Waals surface area (Å²) in [5.74, 6) is 0.589. The number of anilines is 1. The molecule has 0 spiro atoms. The van der Waals surface area contributed by atoms with Gasteiger partial charge in [0.15, 0.2) is 0 Å². The zero-order valence-corrected chi connectivity index (χ0v) is 9.25. The molecule has 1 rings (SSSR count). The fraction of sp³-hybridized carbons (Fsp3) is 0.417. The first-order chi connectivity index (χ1) is 7.26. The van der Waals surface area contributed by atoms with Crippen LogP contribution in [0.15, 0.2) is 24.3 Å². The summed E-state index contributed by atoms with van der Waals surface area (Å²) in [6, 6.07) is 9.62. The van der Waals surface area contributed by atoms with Crippen molar-refractivity contribution >= 4 is 5.69 Å². The predicted octanol–water partition coefficient (Wildman–Crippen LogP) is 1.83. The van der Waals surface area contributed by atoms with E-state index >= 15 is 0 Å². The maximum absolute atomic E-state index is 8.64. The summed E-state index contributed by atoms with van der Waals surface area (Å²) in [5.41, 5.74) is 1.76. The van der Waals surface area contributed by atoms with Gasteiger partial charge in [-0.25, -0.2) is 0 Å². The maximum atomic E-state index is 8.64. The van der Waals surface area contributed by atoms with Crippen LogP contribution >= 0.6 is 0 Å². The van der Waals surface area contributed by atoms with Gasteiger partial charge < -0.3 is 10.6 Å². The minimum absolute atomic E-state index is 0.589. The SMILES string of the molecule is CNCC(C)CNc1ccc(C#N)cc1. The Labute approximate surface area is 91.1 Å². The van der Waals surface area contributed by atoms with Gasteiger partial charge in [-0.2, -0.15) is 5.26 Å². The molecule has 1 aromatic carbocycles. The van der Waals surface area contributed by atoms with E-state index < -0.39 is 0 Å². The summed E-state index contributed by atoms with van der Waals surface area (Å²) in [4.78, 5) is 0. The molecular formula is C12H17N3. The van der Waals surface area contributed by atoms with Crippen molar-refractivity contribution in [1.29, 1.82) is 5.26 Å². The van der Waals surface area contributed by atoms with E-state index in [1.165, 1.54) is 0 Å². The highest BCUT2D eigenvalue weighted by atomic mass is 14.9. The van der Waals surface area contributed by atoms with Crippen LogP contribution in [-0.4, -0.2) is 20.1 Å². The van der Waals surface area contributed by atoms with Crippen molar-refractivity contribution in [2.24, 2.45) is 5.92 Å². The van der Waals surface area contributed by atoms with Gasteiger partial charge in [-0.15, -0.1) is 0 Å². The summed E-state index contributed by atoms with van der Waals surface area (Å²) in [5, 5.41) is 15.1. The fourth-order valence-corrected chi connectivity index (χ4v) is 1.38. The molecule has 0 aliphatic carbocycles. The van der Waals surface area contributed by atoms with Crippen LogP contribution in [0.5, 0.6) is 0 Å². The van der Waals surface area contributed by atoms with Crippen LogP contribution < -0.4 is 10.6 Å². The van der Waals surface area contributed by atoms with Crippen molar-refractivity contribution in [1.82, 2.24) is 5.32 Å². The first kappa shape index (κ1) is 11.5. The lowest BCUT2D eigenvalue weighted by atomic mass is 10.1. The molecule has 1 unspecified atom stereocenters. The van der Waals surface area contributed by atoms with Gasteiger partial charge in [-0.1, -0.05) is 6.92 Å². The Bertz CT molecular complexity index is 324. The molecule has 80 valence electrons. The second kappa shape index (κ2) is 6.05. The molecule has 0 bridgehead atoms. The molecule has 1 atom stereocenters. The maximum Gasteiger partial charge on any atom is 0.0991 e. The van der Waals surface area contributed by atoms with E-state index in [2.05, 4.69) is 23.6 Å². The molecule has 0 fully saturated rings. The van der Waals surface area contributed by atoms with E-state index in [4.69, 9.17) is 5.26 Å². The van der Waals surface area contributed by atoms with Gasteiger partial charge in [0.1, 0.15) is 0 Å². The van der Waals surface area contributed by atoms with Gasteiger partial charge >= 0.3 is 0 Å². The molecule has 3 nitrogen and oxygen atoms in total. The third kappa shape index (κ3) is 4.01. The summed E-state index contributed by atoms with van der Waals surface area (Å²) >= 11 is 0. The third-order valence-corrected chi connectivity index (χ3v) is 2.22. The first-order valence-electron chi connectivity index (χ1n) is 5.15. The molecule has 0 aromatic heterocycles. The number of benzene rings is 1. The molecule has 3 heteroatoms. The van der Waals surface area contributed by atoms with Gasteiger partial charge in [0.2, 0.25) is 0 Å². The van der Waals surface area contributed by atoms with Crippen LogP contribution in [0.2, 0.25) is 0 Å². The molecule has 0 aliphatic rings. The molecule has 0 saturated carbocycles. The highest BCUT2D eigenvalue weighted by molar-refractivity contribution is 5.47. The number of nitriles is 1. The molecule has 15 heavy (non-hydrogen) atoms. The molecule has 0 heterocycles. The zero-order chi connectivity index (χ0) is 11.1. The summed E-state index contributed by atoms with van der Waals surface area (Å²) in [6.45, 7) is 4.13. The molecule has 0 radical (unpaired) electrons. The van der Waals surface area contributed by atoms with Crippen LogP contribution in [0.1, 0.15) is 12.5 Å². The zero-order valence-electron chi connectivity index (χ0n) is 9.25. The molecule has 2 N–H and O–H groups in total. The van der Waals surface area contributed by atoms with Gasteiger partial charge in [-0.05, 0) is 43.8 Å². The highest BCUT2D eigenvalue weighted by Crippen LogP contribution is 2.09. The van der Waals surface area contributed by atoms with Crippen molar-refractivity contribution in [3.63, 3.8) is 0 Å². The molecule has 0 aliphatic heterocycles. The lowest BCUT2D eigenvalue weighted by Gasteiger charge is -2.12. The van der Waals surface area contributed by atoms with Crippen molar-refractivity contribution in [2.45, 2.75) is 6.92 Å². The second-order valence-corrected chi connectivity index (χ2v) is 3.73. The predicted molar refractivity (Wildman–Crippen MR) is 62.7 cm³/mol. The fourth-order valence-electron chi connectivity index (χ4n) is 1.38. The Hall–Kier alpha value is -1.53. The molecule has 0 amide bonds. The number of nitrogens with zero attached hydrogens (tertiary/aromatic N) is 1.